The van der Waals surface area contributed by atoms with Crippen LogP contribution in [0.3, 0.4) is 0 Å². The number of nitrogens with zero attached hydrogens (tertiary/aromatic N) is 3. The fraction of sp³-hybridized carbons (Fsp3) is 0.733. The molecule has 0 saturated carbocycles. The summed E-state index contributed by atoms with van der Waals surface area (Å²) in [5.74, 6) is 4.00. The minimum absolute atomic E-state index is 0.517. The highest BCUT2D eigenvalue weighted by atomic mass is 32.2. The van der Waals surface area contributed by atoms with Gasteiger partial charge in [-0.2, -0.15) is 11.8 Å². The molecule has 5 heteroatoms. The molecule has 0 fully saturated rings. The van der Waals surface area contributed by atoms with Crippen LogP contribution in [0.5, 0.6) is 0 Å². The molecule has 0 amide bonds. The molecule has 0 aliphatic rings. The summed E-state index contributed by atoms with van der Waals surface area (Å²) in [7, 11) is 2.13. The van der Waals surface area contributed by atoms with Gasteiger partial charge in [-0.25, -0.2) is 9.97 Å². The molecular formula is C15H28N4S. The van der Waals surface area contributed by atoms with E-state index in [2.05, 4.69) is 60.3 Å². The molecule has 0 aromatic carbocycles. The molecule has 1 aromatic heterocycles. The standard InChI is InChI=1S/C15H28N4S/c1-6-9-16-14-10-15(18-13(8-3)17-14)19(4)12(7-2)11-20-5/h10,12H,6-9,11H2,1-5H3,(H,16,17,18). The lowest BCUT2D eigenvalue weighted by atomic mass is 10.2. The molecule has 0 spiro atoms. The number of thioether (sulfide) groups is 1. The zero-order chi connectivity index (χ0) is 15.0. The van der Waals surface area contributed by atoms with E-state index in [4.69, 9.17) is 0 Å². The third-order valence-electron chi connectivity index (χ3n) is 3.37. The first-order valence-electron chi connectivity index (χ1n) is 7.49. The molecule has 0 aliphatic heterocycles. The Labute approximate surface area is 127 Å². The van der Waals surface area contributed by atoms with Gasteiger partial charge in [0.2, 0.25) is 0 Å². The highest BCUT2D eigenvalue weighted by Crippen LogP contribution is 2.20. The quantitative estimate of drug-likeness (QED) is 0.756. The van der Waals surface area contributed by atoms with Gasteiger partial charge in [0.25, 0.3) is 0 Å². The van der Waals surface area contributed by atoms with Crippen LogP contribution in [0.2, 0.25) is 0 Å². The van der Waals surface area contributed by atoms with Crippen molar-refractivity contribution in [2.45, 2.75) is 46.1 Å². The van der Waals surface area contributed by atoms with E-state index in [1.807, 2.05) is 11.8 Å². The Morgan fingerprint density at radius 2 is 2.05 bits per heavy atom. The summed E-state index contributed by atoms with van der Waals surface area (Å²) in [4.78, 5) is 11.5. The number of aryl methyl sites for hydroxylation is 1. The van der Waals surface area contributed by atoms with Gasteiger partial charge in [0.15, 0.2) is 0 Å². The summed E-state index contributed by atoms with van der Waals surface area (Å²) in [5, 5.41) is 3.37. The molecule has 0 aliphatic carbocycles. The average Bonchev–Trinajstić information content (AvgIpc) is 2.49. The lowest BCUT2D eigenvalue weighted by molar-refractivity contribution is 0.663. The van der Waals surface area contributed by atoms with E-state index in [1.165, 1.54) is 0 Å². The van der Waals surface area contributed by atoms with Crippen molar-refractivity contribution in [1.82, 2.24) is 9.97 Å². The Morgan fingerprint density at radius 1 is 1.30 bits per heavy atom. The van der Waals surface area contributed by atoms with Crippen molar-refractivity contribution in [2.24, 2.45) is 0 Å². The zero-order valence-corrected chi connectivity index (χ0v) is 14.3. The maximum absolute atomic E-state index is 4.68. The first-order valence-corrected chi connectivity index (χ1v) is 8.89. The number of nitrogens with one attached hydrogen (secondary N) is 1. The average molecular weight is 296 g/mol. The number of anilines is 2. The maximum Gasteiger partial charge on any atom is 0.134 e. The Morgan fingerprint density at radius 3 is 2.60 bits per heavy atom. The molecule has 114 valence electrons. The van der Waals surface area contributed by atoms with Gasteiger partial charge in [0.05, 0.1) is 0 Å². The third-order valence-corrected chi connectivity index (χ3v) is 4.09. The van der Waals surface area contributed by atoms with Crippen molar-refractivity contribution in [3.8, 4) is 0 Å². The Bertz CT molecular complexity index is 397. The van der Waals surface area contributed by atoms with Crippen LogP contribution in [-0.4, -0.2) is 41.6 Å². The largest absolute Gasteiger partial charge is 0.370 e. The second kappa shape index (κ2) is 9.06. The van der Waals surface area contributed by atoms with Crippen LogP contribution in [-0.2, 0) is 6.42 Å². The normalized spacial score (nSPS) is 12.2. The topological polar surface area (TPSA) is 41.0 Å². The number of hydrogen-bond donors (Lipinski definition) is 1. The summed E-state index contributed by atoms with van der Waals surface area (Å²) in [6.45, 7) is 7.44. The molecule has 1 unspecified atom stereocenters. The van der Waals surface area contributed by atoms with Crippen molar-refractivity contribution in [3.05, 3.63) is 11.9 Å². The van der Waals surface area contributed by atoms with Crippen molar-refractivity contribution in [3.63, 3.8) is 0 Å². The summed E-state index contributed by atoms with van der Waals surface area (Å²) in [5.41, 5.74) is 0. The highest BCUT2D eigenvalue weighted by molar-refractivity contribution is 7.98. The number of aromatic nitrogens is 2. The maximum atomic E-state index is 4.68. The molecule has 1 aromatic rings. The second-order valence-electron chi connectivity index (χ2n) is 4.94. The highest BCUT2D eigenvalue weighted by Gasteiger charge is 2.15. The van der Waals surface area contributed by atoms with E-state index in [0.29, 0.717) is 6.04 Å². The smallest absolute Gasteiger partial charge is 0.134 e. The van der Waals surface area contributed by atoms with E-state index in [0.717, 1.165) is 49.0 Å². The van der Waals surface area contributed by atoms with E-state index in [-0.39, 0.29) is 0 Å². The van der Waals surface area contributed by atoms with Crippen LogP contribution >= 0.6 is 11.8 Å². The van der Waals surface area contributed by atoms with Crippen LogP contribution in [0.1, 0.15) is 39.4 Å². The molecule has 0 saturated heterocycles. The fourth-order valence-corrected chi connectivity index (χ4v) is 2.89. The first-order chi connectivity index (χ1) is 9.65. The minimum atomic E-state index is 0.517. The minimum Gasteiger partial charge on any atom is -0.370 e. The summed E-state index contributed by atoms with van der Waals surface area (Å²) in [6, 6.07) is 2.58. The van der Waals surface area contributed by atoms with Crippen molar-refractivity contribution < 1.29 is 0 Å². The molecule has 1 heterocycles. The summed E-state index contributed by atoms with van der Waals surface area (Å²) < 4.78 is 0. The predicted molar refractivity (Wildman–Crippen MR) is 91.1 cm³/mol. The van der Waals surface area contributed by atoms with E-state index in [9.17, 15) is 0 Å². The fourth-order valence-electron chi connectivity index (χ4n) is 2.05. The molecule has 1 rings (SSSR count). The molecule has 0 radical (unpaired) electrons. The Kier molecular flexibility index (Phi) is 7.73. The zero-order valence-electron chi connectivity index (χ0n) is 13.4. The molecule has 0 bridgehead atoms. The van der Waals surface area contributed by atoms with Crippen molar-refractivity contribution in [1.29, 1.82) is 0 Å². The first kappa shape index (κ1) is 17.1. The van der Waals surface area contributed by atoms with Crippen LogP contribution in [0.15, 0.2) is 6.07 Å². The number of rotatable bonds is 9. The SMILES string of the molecule is CCCNc1cc(N(C)C(CC)CSC)nc(CC)n1. The van der Waals surface area contributed by atoms with Gasteiger partial charge in [-0.3, -0.25) is 0 Å². The van der Waals surface area contributed by atoms with Crippen molar-refractivity contribution in [2.75, 3.05) is 35.8 Å². The molecule has 1 atom stereocenters. The molecule has 20 heavy (non-hydrogen) atoms. The Hall–Kier alpha value is -0.970. The summed E-state index contributed by atoms with van der Waals surface area (Å²) in [6.07, 6.45) is 5.24. The third kappa shape index (κ3) is 4.85. The Balaban J connectivity index is 2.96. The van der Waals surface area contributed by atoms with E-state index < -0.39 is 0 Å². The predicted octanol–water partition coefficient (Wildman–Crippen LogP) is 3.44. The van der Waals surface area contributed by atoms with Crippen LogP contribution < -0.4 is 10.2 Å². The lowest BCUT2D eigenvalue weighted by Crippen LogP contribution is -2.34. The van der Waals surface area contributed by atoms with Crippen LogP contribution in [0.4, 0.5) is 11.6 Å². The van der Waals surface area contributed by atoms with Gasteiger partial charge in [-0.05, 0) is 19.1 Å². The van der Waals surface area contributed by atoms with Gasteiger partial charge in [-0.15, -0.1) is 0 Å². The van der Waals surface area contributed by atoms with E-state index >= 15 is 0 Å². The van der Waals surface area contributed by atoms with Gasteiger partial charge >= 0.3 is 0 Å². The van der Waals surface area contributed by atoms with Gasteiger partial charge in [0, 0.05) is 37.9 Å². The lowest BCUT2D eigenvalue weighted by Gasteiger charge is -2.28. The van der Waals surface area contributed by atoms with Gasteiger partial charge in [-0.1, -0.05) is 20.8 Å². The monoisotopic (exact) mass is 296 g/mol. The van der Waals surface area contributed by atoms with Crippen molar-refractivity contribution >= 4 is 23.4 Å². The van der Waals surface area contributed by atoms with Crippen LogP contribution in [0.25, 0.3) is 0 Å². The van der Waals surface area contributed by atoms with E-state index in [1.54, 1.807) is 0 Å². The van der Waals surface area contributed by atoms with Crippen LogP contribution in [0, 0.1) is 0 Å². The molecule has 4 nitrogen and oxygen atoms in total. The van der Waals surface area contributed by atoms with Gasteiger partial charge in [0.1, 0.15) is 17.5 Å². The second-order valence-corrected chi connectivity index (χ2v) is 5.85. The molecule has 1 N–H and O–H groups in total. The summed E-state index contributed by atoms with van der Waals surface area (Å²) >= 11 is 1.88. The van der Waals surface area contributed by atoms with Gasteiger partial charge < -0.3 is 10.2 Å². The number of hydrogen-bond acceptors (Lipinski definition) is 5. The molecular weight excluding hydrogens is 268 g/mol.